The van der Waals surface area contributed by atoms with Crippen molar-refractivity contribution < 1.29 is 4.79 Å². The van der Waals surface area contributed by atoms with Crippen molar-refractivity contribution in [3.05, 3.63) is 41.6 Å². The van der Waals surface area contributed by atoms with Gasteiger partial charge in [0.1, 0.15) is 0 Å². The van der Waals surface area contributed by atoms with E-state index in [9.17, 15) is 4.79 Å². The smallest absolute Gasteiger partial charge is 0.251 e. The van der Waals surface area contributed by atoms with Crippen LogP contribution in [0, 0.1) is 0 Å². The maximum Gasteiger partial charge on any atom is 0.251 e. The fraction of sp³-hybridized carbons (Fsp3) is 0.286. The van der Waals surface area contributed by atoms with Gasteiger partial charge in [-0.15, -0.1) is 12.4 Å². The third-order valence-corrected chi connectivity index (χ3v) is 3.16. The molecule has 0 fully saturated rings. The summed E-state index contributed by atoms with van der Waals surface area (Å²) in [6, 6.07) is 7.61. The quantitative estimate of drug-likeness (QED) is 0.904. The van der Waals surface area contributed by atoms with Gasteiger partial charge in [0.2, 0.25) is 0 Å². The van der Waals surface area contributed by atoms with Crippen molar-refractivity contribution >= 4 is 29.2 Å². The van der Waals surface area contributed by atoms with Gasteiger partial charge in [-0.2, -0.15) is 0 Å². The van der Waals surface area contributed by atoms with Crippen molar-refractivity contribution in [1.29, 1.82) is 0 Å². The first kappa shape index (κ1) is 15.4. The molecular formula is C14H18ClN3O. The van der Waals surface area contributed by atoms with Gasteiger partial charge in [0, 0.05) is 18.6 Å². The summed E-state index contributed by atoms with van der Waals surface area (Å²) in [5, 5.41) is 3.51. The first-order valence-corrected chi connectivity index (χ1v) is 5.98. The minimum atomic E-state index is -0.0973. The molecule has 5 heteroatoms. The number of hydrogen-bond acceptors (Lipinski definition) is 3. The van der Waals surface area contributed by atoms with E-state index in [1.807, 2.05) is 18.2 Å². The number of pyridine rings is 1. The molecule has 1 aromatic carbocycles. The summed E-state index contributed by atoms with van der Waals surface area (Å²) in [5.74, 6) is 0.126. The van der Waals surface area contributed by atoms with Crippen molar-refractivity contribution in [1.82, 2.24) is 10.3 Å². The van der Waals surface area contributed by atoms with E-state index in [4.69, 9.17) is 5.73 Å². The highest BCUT2D eigenvalue weighted by Gasteiger charge is 2.13. The van der Waals surface area contributed by atoms with E-state index >= 15 is 0 Å². The molecule has 3 N–H and O–H groups in total. The Kier molecular flexibility index (Phi) is 5.27. The first-order valence-electron chi connectivity index (χ1n) is 5.98. The summed E-state index contributed by atoms with van der Waals surface area (Å²) in [6.07, 6.45) is 1.67. The second-order valence-corrected chi connectivity index (χ2v) is 4.32. The fourth-order valence-corrected chi connectivity index (χ4v) is 2.06. The Bertz CT molecular complexity index is 586. The zero-order valence-electron chi connectivity index (χ0n) is 11.0. The van der Waals surface area contributed by atoms with Crippen molar-refractivity contribution in [2.45, 2.75) is 12.8 Å². The second kappa shape index (κ2) is 6.50. The molecule has 1 aromatic heterocycles. The van der Waals surface area contributed by atoms with Gasteiger partial charge < -0.3 is 11.1 Å². The highest BCUT2D eigenvalue weighted by atomic mass is 35.5. The Morgan fingerprint density at radius 1 is 1.42 bits per heavy atom. The third kappa shape index (κ3) is 2.85. The van der Waals surface area contributed by atoms with Crippen LogP contribution in [-0.4, -0.2) is 24.5 Å². The van der Waals surface area contributed by atoms with Gasteiger partial charge in [-0.25, -0.2) is 0 Å². The summed E-state index contributed by atoms with van der Waals surface area (Å²) in [5.41, 5.74) is 8.30. The van der Waals surface area contributed by atoms with E-state index in [0.717, 1.165) is 16.5 Å². The number of carbonyl (C=O) groups excluding carboxylic acids is 1. The minimum Gasteiger partial charge on any atom is -0.355 e. The van der Waals surface area contributed by atoms with Gasteiger partial charge in [-0.1, -0.05) is 25.1 Å². The monoisotopic (exact) mass is 279 g/mol. The minimum absolute atomic E-state index is 0. The molecule has 0 radical (unpaired) electrons. The number of benzene rings is 1. The van der Waals surface area contributed by atoms with Crippen LogP contribution in [0.2, 0.25) is 0 Å². The Morgan fingerprint density at radius 3 is 2.79 bits per heavy atom. The molecule has 0 spiro atoms. The molecule has 0 aliphatic heterocycles. The third-order valence-electron chi connectivity index (χ3n) is 3.16. The van der Waals surface area contributed by atoms with Gasteiger partial charge in [0.25, 0.3) is 5.91 Å². The number of carbonyl (C=O) groups is 1. The molecule has 4 nitrogen and oxygen atoms in total. The van der Waals surface area contributed by atoms with Crippen LogP contribution in [0.1, 0.15) is 28.8 Å². The highest BCUT2D eigenvalue weighted by molar-refractivity contribution is 6.06. The number of nitrogens with one attached hydrogen (secondary N) is 1. The normalized spacial score (nSPS) is 11.7. The molecule has 102 valence electrons. The lowest BCUT2D eigenvalue weighted by molar-refractivity contribution is 0.0964. The average molecular weight is 280 g/mol. The summed E-state index contributed by atoms with van der Waals surface area (Å²) in [7, 11) is 1.63. The lowest BCUT2D eigenvalue weighted by Gasteiger charge is -2.13. The maximum absolute atomic E-state index is 11.8. The SMILES string of the molecule is CNC(=O)c1ccnc2c([C@H](C)CN)cccc12.Cl. The number of nitrogens with two attached hydrogens (primary N) is 1. The molecule has 1 heterocycles. The van der Waals surface area contributed by atoms with Crippen LogP contribution in [0.25, 0.3) is 10.9 Å². The van der Waals surface area contributed by atoms with Crippen molar-refractivity contribution in [3.63, 3.8) is 0 Å². The number of fused-ring (bicyclic) bond motifs is 1. The molecule has 0 aliphatic rings. The van der Waals surface area contributed by atoms with E-state index < -0.39 is 0 Å². The lowest BCUT2D eigenvalue weighted by atomic mass is 9.96. The number of aromatic nitrogens is 1. The van der Waals surface area contributed by atoms with Gasteiger partial charge in [0.15, 0.2) is 0 Å². The summed E-state index contributed by atoms with van der Waals surface area (Å²) in [6.45, 7) is 2.62. The molecule has 0 bridgehead atoms. The maximum atomic E-state index is 11.8. The second-order valence-electron chi connectivity index (χ2n) is 4.32. The van der Waals surface area contributed by atoms with E-state index in [1.165, 1.54) is 0 Å². The first-order chi connectivity index (χ1) is 8.69. The zero-order valence-corrected chi connectivity index (χ0v) is 11.8. The van der Waals surface area contributed by atoms with Crippen LogP contribution in [0.15, 0.2) is 30.5 Å². The number of amides is 1. The van der Waals surface area contributed by atoms with Crippen LogP contribution < -0.4 is 11.1 Å². The van der Waals surface area contributed by atoms with Gasteiger partial charge >= 0.3 is 0 Å². The zero-order chi connectivity index (χ0) is 13.1. The van der Waals surface area contributed by atoms with Crippen LogP contribution in [0.5, 0.6) is 0 Å². The summed E-state index contributed by atoms with van der Waals surface area (Å²) in [4.78, 5) is 16.2. The number of para-hydroxylation sites is 1. The van der Waals surface area contributed by atoms with E-state index in [1.54, 1.807) is 19.3 Å². The van der Waals surface area contributed by atoms with E-state index in [-0.39, 0.29) is 24.2 Å². The summed E-state index contributed by atoms with van der Waals surface area (Å²) >= 11 is 0. The summed E-state index contributed by atoms with van der Waals surface area (Å²) < 4.78 is 0. The Hall–Kier alpha value is -1.65. The highest BCUT2D eigenvalue weighted by Crippen LogP contribution is 2.25. The van der Waals surface area contributed by atoms with Gasteiger partial charge in [-0.3, -0.25) is 9.78 Å². The molecule has 2 aromatic rings. The van der Waals surface area contributed by atoms with E-state index in [2.05, 4.69) is 17.2 Å². The standard InChI is InChI=1S/C14H17N3O.ClH/c1-9(8-15)10-4-3-5-11-12(14(18)16-2)6-7-17-13(10)11;/h3-7,9H,8,15H2,1-2H3,(H,16,18);1H/t9-;/m1./s1. The molecule has 19 heavy (non-hydrogen) atoms. The predicted molar refractivity (Wildman–Crippen MR) is 79.9 cm³/mol. The molecular weight excluding hydrogens is 262 g/mol. The number of rotatable bonds is 3. The van der Waals surface area contributed by atoms with Gasteiger partial charge in [0.05, 0.1) is 11.1 Å². The topological polar surface area (TPSA) is 68.0 Å². The van der Waals surface area contributed by atoms with E-state index in [0.29, 0.717) is 12.1 Å². The van der Waals surface area contributed by atoms with Gasteiger partial charge in [-0.05, 0) is 24.1 Å². The van der Waals surface area contributed by atoms with Crippen LogP contribution in [0.3, 0.4) is 0 Å². The molecule has 0 unspecified atom stereocenters. The fourth-order valence-electron chi connectivity index (χ4n) is 2.06. The van der Waals surface area contributed by atoms with Crippen molar-refractivity contribution in [3.8, 4) is 0 Å². The average Bonchev–Trinajstić information content (AvgIpc) is 2.44. The molecule has 0 aliphatic carbocycles. The Morgan fingerprint density at radius 2 is 2.16 bits per heavy atom. The predicted octanol–water partition coefficient (Wildman–Crippen LogP) is 2.08. The molecule has 2 rings (SSSR count). The Balaban J connectivity index is 0.00000180. The molecule has 0 saturated heterocycles. The van der Waals surface area contributed by atoms with Crippen LogP contribution >= 0.6 is 12.4 Å². The Labute approximate surface area is 118 Å². The molecule has 1 atom stereocenters. The molecule has 0 saturated carbocycles. The lowest BCUT2D eigenvalue weighted by Crippen LogP contribution is -2.18. The number of hydrogen-bond donors (Lipinski definition) is 2. The number of nitrogens with zero attached hydrogens (tertiary/aromatic N) is 1. The number of halogens is 1. The van der Waals surface area contributed by atoms with Crippen molar-refractivity contribution in [2.75, 3.05) is 13.6 Å². The largest absolute Gasteiger partial charge is 0.355 e. The van der Waals surface area contributed by atoms with Crippen LogP contribution in [0.4, 0.5) is 0 Å². The van der Waals surface area contributed by atoms with Crippen molar-refractivity contribution in [2.24, 2.45) is 5.73 Å². The molecule has 1 amide bonds. The van der Waals surface area contributed by atoms with Crippen LogP contribution in [-0.2, 0) is 0 Å².